The van der Waals surface area contributed by atoms with Gasteiger partial charge in [0, 0.05) is 17.6 Å². The molecule has 2 aliphatic rings. The first-order valence-electron chi connectivity index (χ1n) is 7.49. The van der Waals surface area contributed by atoms with Gasteiger partial charge in [-0.2, -0.15) is 0 Å². The minimum absolute atomic E-state index is 0.735. The molecule has 0 amide bonds. The zero-order valence-corrected chi connectivity index (χ0v) is 11.2. The van der Waals surface area contributed by atoms with Crippen LogP contribution in [-0.2, 0) is 0 Å². The Morgan fingerprint density at radius 3 is 2.79 bits per heavy atom. The van der Waals surface area contributed by atoms with Crippen molar-refractivity contribution in [1.29, 1.82) is 0 Å². The van der Waals surface area contributed by atoms with Crippen LogP contribution in [0.4, 0.5) is 0 Å². The number of aromatic nitrogens is 1. The summed E-state index contributed by atoms with van der Waals surface area (Å²) in [5, 5.41) is 5.04. The van der Waals surface area contributed by atoms with Gasteiger partial charge in [0.15, 0.2) is 0 Å². The van der Waals surface area contributed by atoms with E-state index in [2.05, 4.69) is 40.6 Å². The lowest BCUT2D eigenvalue weighted by Crippen LogP contribution is -2.34. The fourth-order valence-electron chi connectivity index (χ4n) is 3.28. The van der Waals surface area contributed by atoms with E-state index in [4.69, 9.17) is 0 Å². The molecule has 2 aromatic rings. The average molecular weight is 252 g/mol. The van der Waals surface area contributed by atoms with Crippen molar-refractivity contribution >= 4 is 10.9 Å². The lowest BCUT2D eigenvalue weighted by molar-refractivity contribution is 0.246. The van der Waals surface area contributed by atoms with Crippen LogP contribution in [0.15, 0.2) is 36.5 Å². The Kier molecular flexibility index (Phi) is 2.77. The zero-order valence-electron chi connectivity index (χ0n) is 11.2. The van der Waals surface area contributed by atoms with E-state index in [0.29, 0.717) is 0 Å². The third kappa shape index (κ3) is 2.14. The quantitative estimate of drug-likeness (QED) is 0.901. The van der Waals surface area contributed by atoms with E-state index in [1.165, 1.54) is 43.2 Å². The van der Waals surface area contributed by atoms with Crippen LogP contribution < -0.4 is 5.32 Å². The first kappa shape index (κ1) is 11.4. The van der Waals surface area contributed by atoms with Crippen molar-refractivity contribution in [3.63, 3.8) is 0 Å². The van der Waals surface area contributed by atoms with E-state index in [1.807, 2.05) is 6.20 Å². The molecule has 1 heterocycles. The second kappa shape index (κ2) is 4.61. The Bertz CT molecular complexity index is 583. The molecule has 0 aliphatic heterocycles. The molecular weight excluding hydrogens is 232 g/mol. The van der Waals surface area contributed by atoms with Crippen LogP contribution in [0.2, 0.25) is 0 Å². The molecule has 2 aliphatic carbocycles. The van der Waals surface area contributed by atoms with Crippen LogP contribution in [0.5, 0.6) is 0 Å². The first-order valence-corrected chi connectivity index (χ1v) is 7.49. The molecule has 4 rings (SSSR count). The Balaban J connectivity index is 1.59. The molecule has 2 fully saturated rings. The summed E-state index contributed by atoms with van der Waals surface area (Å²) in [7, 11) is 0. The van der Waals surface area contributed by atoms with Crippen LogP contribution >= 0.6 is 0 Å². The van der Waals surface area contributed by atoms with Crippen LogP contribution in [0, 0.1) is 5.92 Å². The maximum absolute atomic E-state index is 4.48. The molecule has 1 aromatic carbocycles. The fourth-order valence-corrected chi connectivity index (χ4v) is 3.28. The molecule has 0 spiro atoms. The molecule has 98 valence electrons. The lowest BCUT2D eigenvalue weighted by atomic mass is 9.69. The molecule has 1 N–H and O–H groups in total. The second-order valence-electron chi connectivity index (χ2n) is 6.04. The average Bonchev–Trinajstić information content (AvgIpc) is 3.22. The van der Waals surface area contributed by atoms with Crippen molar-refractivity contribution in [1.82, 2.24) is 10.3 Å². The summed E-state index contributed by atoms with van der Waals surface area (Å²) in [6, 6.07) is 11.7. The number of hydrogen-bond acceptors (Lipinski definition) is 2. The van der Waals surface area contributed by atoms with Gasteiger partial charge in [0.1, 0.15) is 0 Å². The van der Waals surface area contributed by atoms with Crippen LogP contribution in [0.25, 0.3) is 10.9 Å². The number of pyridine rings is 1. The van der Waals surface area contributed by atoms with Gasteiger partial charge in [0.2, 0.25) is 0 Å². The summed E-state index contributed by atoms with van der Waals surface area (Å²) in [6.45, 7) is 1.20. The van der Waals surface area contributed by atoms with E-state index in [-0.39, 0.29) is 0 Å². The highest BCUT2D eigenvalue weighted by molar-refractivity contribution is 5.82. The number of nitrogens with one attached hydrogen (secondary N) is 1. The van der Waals surface area contributed by atoms with Crippen LogP contribution in [0.3, 0.4) is 0 Å². The monoisotopic (exact) mass is 252 g/mol. The lowest BCUT2D eigenvalue weighted by Gasteiger charge is -2.38. The number of hydrogen-bond donors (Lipinski definition) is 1. The minimum Gasteiger partial charge on any atom is -0.314 e. The summed E-state index contributed by atoms with van der Waals surface area (Å²) >= 11 is 0. The number of fused-ring (bicyclic) bond motifs is 1. The maximum atomic E-state index is 4.48. The van der Waals surface area contributed by atoms with Crippen molar-refractivity contribution < 1.29 is 0 Å². The Labute approximate surface area is 114 Å². The van der Waals surface area contributed by atoms with Gasteiger partial charge in [-0.1, -0.05) is 18.2 Å². The highest BCUT2D eigenvalue weighted by atomic mass is 14.9. The highest BCUT2D eigenvalue weighted by Crippen LogP contribution is 2.44. The maximum Gasteiger partial charge on any atom is 0.0704 e. The van der Waals surface area contributed by atoms with E-state index in [9.17, 15) is 0 Å². The Morgan fingerprint density at radius 2 is 2.00 bits per heavy atom. The third-order valence-corrected chi connectivity index (χ3v) is 4.74. The molecule has 0 bridgehead atoms. The predicted molar refractivity (Wildman–Crippen MR) is 78.2 cm³/mol. The van der Waals surface area contributed by atoms with Gasteiger partial charge in [0.25, 0.3) is 0 Å². The van der Waals surface area contributed by atoms with Gasteiger partial charge in [-0.25, -0.2) is 0 Å². The number of nitrogens with zero attached hydrogens (tertiary/aromatic N) is 1. The molecule has 0 saturated heterocycles. The molecule has 2 atom stereocenters. The largest absolute Gasteiger partial charge is 0.314 e. The fraction of sp³-hybridized carbons (Fsp3) is 0.471. The summed E-state index contributed by atoms with van der Waals surface area (Å²) in [5.41, 5.74) is 2.65. The van der Waals surface area contributed by atoms with Crippen molar-refractivity contribution in [3.8, 4) is 0 Å². The molecule has 0 radical (unpaired) electrons. The van der Waals surface area contributed by atoms with Crippen molar-refractivity contribution in [2.75, 3.05) is 6.54 Å². The number of benzene rings is 1. The predicted octanol–water partition coefficient (Wildman–Crippen LogP) is 3.48. The summed E-state index contributed by atoms with van der Waals surface area (Å²) < 4.78 is 0. The van der Waals surface area contributed by atoms with Gasteiger partial charge in [0.05, 0.1) is 5.52 Å². The highest BCUT2D eigenvalue weighted by Gasteiger charge is 2.34. The van der Waals surface area contributed by atoms with Gasteiger partial charge in [-0.15, -0.1) is 0 Å². The molecule has 2 unspecified atom stereocenters. The topological polar surface area (TPSA) is 24.9 Å². The molecule has 19 heavy (non-hydrogen) atoms. The van der Waals surface area contributed by atoms with E-state index >= 15 is 0 Å². The molecule has 2 heteroatoms. The van der Waals surface area contributed by atoms with Gasteiger partial charge in [-0.05, 0) is 61.8 Å². The van der Waals surface area contributed by atoms with Crippen LogP contribution in [0.1, 0.15) is 37.2 Å². The normalized spacial score (nSPS) is 26.3. The Hall–Kier alpha value is -1.41. The third-order valence-electron chi connectivity index (χ3n) is 4.74. The minimum atomic E-state index is 0.735. The summed E-state index contributed by atoms with van der Waals surface area (Å²) in [6.07, 6.45) is 7.37. The van der Waals surface area contributed by atoms with E-state index < -0.39 is 0 Å². The standard InChI is InChI=1S/C17H20N2/c1-3-15(16-4-2-10-18-17(16)5-1)14-9-6-12(14)11-19-13-7-8-13/h1-5,10,12-14,19H,6-9,11H2. The molecular formula is C17H20N2. The van der Waals surface area contributed by atoms with E-state index in [1.54, 1.807) is 0 Å². The smallest absolute Gasteiger partial charge is 0.0704 e. The van der Waals surface area contributed by atoms with Crippen molar-refractivity contribution in [3.05, 3.63) is 42.1 Å². The summed E-state index contributed by atoms with van der Waals surface area (Å²) in [4.78, 5) is 4.48. The molecule has 2 nitrogen and oxygen atoms in total. The van der Waals surface area contributed by atoms with Crippen molar-refractivity contribution in [2.45, 2.75) is 37.6 Å². The van der Waals surface area contributed by atoms with Gasteiger partial charge < -0.3 is 5.32 Å². The first-order chi connectivity index (χ1) is 9.42. The number of rotatable bonds is 4. The second-order valence-corrected chi connectivity index (χ2v) is 6.04. The van der Waals surface area contributed by atoms with Gasteiger partial charge >= 0.3 is 0 Å². The van der Waals surface area contributed by atoms with Crippen molar-refractivity contribution in [2.24, 2.45) is 5.92 Å². The van der Waals surface area contributed by atoms with Gasteiger partial charge in [-0.3, -0.25) is 4.98 Å². The Morgan fingerprint density at radius 1 is 1.05 bits per heavy atom. The summed E-state index contributed by atoms with van der Waals surface area (Å²) in [5.74, 6) is 1.56. The van der Waals surface area contributed by atoms with Crippen LogP contribution in [-0.4, -0.2) is 17.6 Å². The SMILES string of the molecule is c1cc(C2CCC2CNC2CC2)c2cccnc2c1. The van der Waals surface area contributed by atoms with E-state index in [0.717, 1.165) is 23.4 Å². The molecule has 1 aromatic heterocycles. The molecule has 2 saturated carbocycles. The zero-order chi connectivity index (χ0) is 12.7.